The predicted octanol–water partition coefficient (Wildman–Crippen LogP) is 7.48. The van der Waals surface area contributed by atoms with E-state index in [-0.39, 0.29) is 5.69 Å². The average molecular weight is 642 g/mol. The monoisotopic (exact) mass is 641 g/mol. The molecule has 0 aliphatic rings. The van der Waals surface area contributed by atoms with Crippen molar-refractivity contribution in [1.29, 1.82) is 0 Å². The maximum Gasteiger partial charge on any atom is 0.296 e. The molecule has 220 valence electrons. The van der Waals surface area contributed by atoms with Crippen molar-refractivity contribution < 1.29 is 22.6 Å². The molecule has 0 aliphatic heterocycles. The fourth-order valence-electron chi connectivity index (χ4n) is 4.45. The van der Waals surface area contributed by atoms with Crippen molar-refractivity contribution in [3.05, 3.63) is 90.5 Å². The topological polar surface area (TPSA) is 151 Å². The van der Waals surface area contributed by atoms with E-state index >= 15 is 0 Å². The number of carbonyl (C=O) groups is 2. The minimum Gasteiger partial charge on any atom is -0.324 e. The van der Waals surface area contributed by atoms with Gasteiger partial charge in [0.15, 0.2) is 5.78 Å². The van der Waals surface area contributed by atoms with Crippen LogP contribution in [0.25, 0.3) is 41.6 Å². The Morgan fingerprint density at radius 2 is 1.45 bits per heavy atom. The molecule has 0 aliphatic carbocycles. The van der Waals surface area contributed by atoms with Gasteiger partial charge in [-0.3, -0.25) is 14.1 Å². The van der Waals surface area contributed by atoms with Crippen LogP contribution in [0.15, 0.2) is 100 Å². The fourth-order valence-corrected chi connectivity index (χ4v) is 6.99. The molecule has 0 saturated heterocycles. The number of nitrogens with one attached hydrogen (secondary N) is 1. The molecule has 0 spiro atoms. The van der Waals surface area contributed by atoms with E-state index in [4.69, 9.17) is 9.97 Å². The Morgan fingerprint density at radius 3 is 2.11 bits per heavy atom. The molecule has 44 heavy (non-hydrogen) atoms. The van der Waals surface area contributed by atoms with Crippen LogP contribution >= 0.6 is 22.7 Å². The number of anilines is 1. The number of hydrogen-bond acceptors (Lipinski definition) is 10. The zero-order valence-corrected chi connectivity index (χ0v) is 25.7. The molecule has 4 aromatic carbocycles. The first-order valence-electron chi connectivity index (χ1n) is 13.2. The third-order valence-electron chi connectivity index (χ3n) is 6.62. The SMILES string of the molecule is CC(=O)[C@H](N=Nc1ccc(-c2nc3cc(-c4nc5cc(C)ccc5s4)ccc3s2)cc1S(=O)(=O)O)C(=O)Nc1ccccc1. The number of Topliss-reactive ketones (excluding diaryl/α,β-unsaturated/α-hetero) is 1. The molecule has 1 amide bonds. The van der Waals surface area contributed by atoms with Crippen LogP contribution < -0.4 is 5.32 Å². The number of amides is 1. The van der Waals surface area contributed by atoms with Gasteiger partial charge in [-0.1, -0.05) is 30.3 Å². The number of rotatable bonds is 8. The van der Waals surface area contributed by atoms with Crippen molar-refractivity contribution in [2.24, 2.45) is 10.2 Å². The van der Waals surface area contributed by atoms with E-state index in [0.29, 0.717) is 21.8 Å². The van der Waals surface area contributed by atoms with Crippen LogP contribution in [0.2, 0.25) is 0 Å². The molecule has 2 heterocycles. The summed E-state index contributed by atoms with van der Waals surface area (Å²) in [6.45, 7) is 3.20. The first-order chi connectivity index (χ1) is 21.0. The molecule has 6 rings (SSSR count). The van der Waals surface area contributed by atoms with Gasteiger partial charge in [0.25, 0.3) is 16.0 Å². The van der Waals surface area contributed by atoms with Gasteiger partial charge in [0.2, 0.25) is 6.04 Å². The third kappa shape index (κ3) is 6.17. The average Bonchev–Trinajstić information content (AvgIpc) is 3.61. The van der Waals surface area contributed by atoms with E-state index in [2.05, 4.69) is 27.7 Å². The van der Waals surface area contributed by atoms with Crippen molar-refractivity contribution in [3.8, 4) is 21.1 Å². The molecule has 0 bridgehead atoms. The Kier molecular flexibility index (Phi) is 7.86. The first-order valence-corrected chi connectivity index (χ1v) is 16.3. The predicted molar refractivity (Wildman–Crippen MR) is 172 cm³/mol. The number of ketones is 1. The standard InChI is InChI=1S/C31H23N5O5S3/c1-17-8-12-25-23(14-17)33-30(42-25)19-10-13-26-24(15-19)34-31(43-26)20-9-11-22(27(16-20)44(39,40)41)35-36-28(18(2)37)29(38)32-21-6-4-3-5-7-21/h3-16,28H,1-2H3,(H,32,38)(H,39,40,41)/t28-/m0/s1. The van der Waals surface area contributed by atoms with Gasteiger partial charge < -0.3 is 5.32 Å². The quantitative estimate of drug-likeness (QED) is 0.0993. The lowest BCUT2D eigenvalue weighted by molar-refractivity contribution is -0.126. The molecule has 0 radical (unpaired) electrons. The highest BCUT2D eigenvalue weighted by molar-refractivity contribution is 7.86. The lowest BCUT2D eigenvalue weighted by Gasteiger charge is -2.10. The summed E-state index contributed by atoms with van der Waals surface area (Å²) in [5.74, 6) is -1.32. The van der Waals surface area contributed by atoms with Gasteiger partial charge in [0, 0.05) is 16.8 Å². The zero-order valence-electron chi connectivity index (χ0n) is 23.3. The van der Waals surface area contributed by atoms with Crippen molar-refractivity contribution in [2.75, 3.05) is 5.32 Å². The van der Waals surface area contributed by atoms with Gasteiger partial charge in [0.05, 0.1) is 20.4 Å². The third-order valence-corrected chi connectivity index (χ3v) is 9.67. The molecular formula is C31H23N5O5S3. The first kappa shape index (κ1) is 29.4. The van der Waals surface area contributed by atoms with Gasteiger partial charge >= 0.3 is 0 Å². The molecule has 2 aromatic heterocycles. The van der Waals surface area contributed by atoms with Crippen LogP contribution in [0, 0.1) is 6.92 Å². The summed E-state index contributed by atoms with van der Waals surface area (Å²) in [5.41, 5.74) is 4.36. The van der Waals surface area contributed by atoms with E-state index in [0.717, 1.165) is 31.1 Å². The second-order valence-electron chi connectivity index (χ2n) is 9.93. The summed E-state index contributed by atoms with van der Waals surface area (Å²) < 4.78 is 36.7. The smallest absolute Gasteiger partial charge is 0.296 e. The lowest BCUT2D eigenvalue weighted by Crippen LogP contribution is -2.31. The number of benzene rings is 4. The number of para-hydroxylation sites is 1. The molecule has 10 nitrogen and oxygen atoms in total. The van der Waals surface area contributed by atoms with Crippen LogP contribution in [0.4, 0.5) is 11.4 Å². The van der Waals surface area contributed by atoms with Crippen molar-refractivity contribution in [1.82, 2.24) is 9.97 Å². The number of hydrogen-bond donors (Lipinski definition) is 2. The van der Waals surface area contributed by atoms with Gasteiger partial charge in [0.1, 0.15) is 20.6 Å². The van der Waals surface area contributed by atoms with Gasteiger partial charge in [-0.15, -0.1) is 22.7 Å². The molecule has 0 fully saturated rings. The molecule has 13 heteroatoms. The fraction of sp³-hybridized carbons (Fsp3) is 0.0968. The maximum absolute atomic E-state index is 12.7. The largest absolute Gasteiger partial charge is 0.324 e. The normalized spacial score (nSPS) is 12.6. The van der Waals surface area contributed by atoms with Crippen LogP contribution in [-0.2, 0) is 19.7 Å². The number of azo groups is 1. The zero-order chi connectivity index (χ0) is 31.0. The summed E-state index contributed by atoms with van der Waals surface area (Å²) in [6, 6.07) is 23.2. The summed E-state index contributed by atoms with van der Waals surface area (Å²) in [7, 11) is -4.76. The Bertz CT molecular complexity index is 2210. The van der Waals surface area contributed by atoms with Gasteiger partial charge in [-0.2, -0.15) is 18.6 Å². The number of carbonyl (C=O) groups excluding carboxylic acids is 2. The van der Waals surface area contributed by atoms with E-state index in [9.17, 15) is 22.6 Å². The van der Waals surface area contributed by atoms with Crippen LogP contribution in [0.3, 0.4) is 0 Å². The Balaban J connectivity index is 1.31. The summed E-state index contributed by atoms with van der Waals surface area (Å²) >= 11 is 2.95. The summed E-state index contributed by atoms with van der Waals surface area (Å²) in [6.07, 6.45) is 0. The Labute approximate surface area is 259 Å². The number of aromatic nitrogens is 2. The highest BCUT2D eigenvalue weighted by atomic mass is 32.2. The van der Waals surface area contributed by atoms with Gasteiger partial charge in [-0.05, 0) is 74.0 Å². The van der Waals surface area contributed by atoms with Crippen LogP contribution in [0.1, 0.15) is 12.5 Å². The molecule has 6 aromatic rings. The van der Waals surface area contributed by atoms with Crippen molar-refractivity contribution in [3.63, 3.8) is 0 Å². The number of nitrogens with zero attached hydrogens (tertiary/aromatic N) is 4. The highest BCUT2D eigenvalue weighted by Crippen LogP contribution is 2.37. The maximum atomic E-state index is 12.7. The summed E-state index contributed by atoms with van der Waals surface area (Å²) in [4.78, 5) is 33.8. The molecule has 0 saturated carbocycles. The molecular weight excluding hydrogens is 619 g/mol. The molecule has 2 N–H and O–H groups in total. The van der Waals surface area contributed by atoms with Crippen LogP contribution in [0.5, 0.6) is 0 Å². The number of fused-ring (bicyclic) bond motifs is 2. The minimum atomic E-state index is -4.76. The molecule has 0 unspecified atom stereocenters. The van der Waals surface area contributed by atoms with E-state index < -0.39 is 32.7 Å². The lowest BCUT2D eigenvalue weighted by atomic mass is 10.2. The number of aryl methyl sites for hydroxylation is 1. The van der Waals surface area contributed by atoms with Crippen molar-refractivity contribution >= 4 is 76.3 Å². The number of thiazole rings is 2. The van der Waals surface area contributed by atoms with E-state index in [1.165, 1.54) is 30.4 Å². The van der Waals surface area contributed by atoms with E-state index in [1.54, 1.807) is 47.7 Å². The second kappa shape index (κ2) is 11.8. The summed E-state index contributed by atoms with van der Waals surface area (Å²) in [5, 5.41) is 11.7. The van der Waals surface area contributed by atoms with E-state index in [1.807, 2.05) is 31.2 Å². The second-order valence-corrected chi connectivity index (χ2v) is 13.4. The van der Waals surface area contributed by atoms with Crippen molar-refractivity contribution in [2.45, 2.75) is 24.8 Å². The Hall–Kier alpha value is -4.69. The molecule has 1 atom stereocenters. The minimum absolute atomic E-state index is 0.232. The van der Waals surface area contributed by atoms with Gasteiger partial charge in [-0.25, -0.2) is 9.97 Å². The van der Waals surface area contributed by atoms with Crippen LogP contribution in [-0.4, -0.2) is 40.7 Å². The highest BCUT2D eigenvalue weighted by Gasteiger charge is 2.24. The Morgan fingerprint density at radius 1 is 0.841 bits per heavy atom.